The number of ether oxygens (including phenoxy) is 2. The Morgan fingerprint density at radius 3 is 2.48 bits per heavy atom. The molecule has 27 heavy (non-hydrogen) atoms. The van der Waals surface area contributed by atoms with Crippen LogP contribution >= 0.6 is 0 Å². The molecule has 2 aromatic rings. The molecule has 0 atom stereocenters. The molecule has 2 rings (SSSR count). The first-order valence-electron chi connectivity index (χ1n) is 8.67. The zero-order valence-electron chi connectivity index (χ0n) is 16.5. The molecule has 1 N–H and O–H groups in total. The van der Waals surface area contributed by atoms with Crippen molar-refractivity contribution in [2.24, 2.45) is 0 Å². The van der Waals surface area contributed by atoms with Gasteiger partial charge in [0, 0.05) is 26.2 Å². The van der Waals surface area contributed by atoms with E-state index in [0.717, 1.165) is 16.7 Å². The van der Waals surface area contributed by atoms with Crippen molar-refractivity contribution in [3.63, 3.8) is 0 Å². The number of methoxy groups -OCH3 is 1. The molecule has 0 bridgehead atoms. The highest BCUT2D eigenvalue weighted by Crippen LogP contribution is 2.28. The lowest BCUT2D eigenvalue weighted by Gasteiger charge is -2.15. The van der Waals surface area contributed by atoms with Crippen molar-refractivity contribution in [1.82, 2.24) is 10.2 Å². The Bertz CT molecular complexity index is 831. The largest absolute Gasteiger partial charge is 0.493 e. The first-order chi connectivity index (χ1) is 12.8. The van der Waals surface area contributed by atoms with Crippen LogP contribution in [0.25, 0.3) is 0 Å². The van der Waals surface area contributed by atoms with E-state index in [4.69, 9.17) is 9.47 Å². The maximum atomic E-state index is 12.4. The fourth-order valence-electron chi connectivity index (χ4n) is 2.48. The number of hydrogen-bond donors (Lipinski definition) is 1. The molecule has 0 fully saturated rings. The summed E-state index contributed by atoms with van der Waals surface area (Å²) in [6.45, 7) is 4.22. The van der Waals surface area contributed by atoms with E-state index < -0.39 is 0 Å². The predicted molar refractivity (Wildman–Crippen MR) is 104 cm³/mol. The number of benzene rings is 2. The van der Waals surface area contributed by atoms with Gasteiger partial charge in [0.1, 0.15) is 0 Å². The standard InChI is InChI=1S/C21H26N2O4/c1-14-7-6-8-17(15(14)2)21(25)22-12-16-9-10-18(19(11-16)26-5)27-13-20(24)23(3)4/h6-11H,12-13H2,1-5H3,(H,22,25). The Morgan fingerprint density at radius 1 is 1.07 bits per heavy atom. The molecule has 0 saturated carbocycles. The van der Waals surface area contributed by atoms with Crippen molar-refractivity contribution >= 4 is 11.8 Å². The van der Waals surface area contributed by atoms with Crippen LogP contribution in [0.15, 0.2) is 36.4 Å². The highest BCUT2D eigenvalue weighted by Gasteiger charge is 2.12. The number of rotatable bonds is 7. The highest BCUT2D eigenvalue weighted by molar-refractivity contribution is 5.95. The van der Waals surface area contributed by atoms with Gasteiger partial charge in [0.25, 0.3) is 11.8 Å². The number of amides is 2. The van der Waals surface area contributed by atoms with Gasteiger partial charge in [-0.25, -0.2) is 0 Å². The number of nitrogens with zero attached hydrogens (tertiary/aromatic N) is 1. The zero-order chi connectivity index (χ0) is 20.0. The molecule has 0 heterocycles. The van der Waals surface area contributed by atoms with E-state index in [0.29, 0.717) is 23.6 Å². The summed E-state index contributed by atoms with van der Waals surface area (Å²) in [7, 11) is 4.88. The van der Waals surface area contributed by atoms with Gasteiger partial charge in [-0.2, -0.15) is 0 Å². The number of likely N-dealkylation sites (N-methyl/N-ethyl adjacent to an activating group) is 1. The van der Waals surface area contributed by atoms with E-state index in [2.05, 4.69) is 5.32 Å². The maximum Gasteiger partial charge on any atom is 0.259 e. The van der Waals surface area contributed by atoms with Crippen LogP contribution in [-0.2, 0) is 11.3 Å². The van der Waals surface area contributed by atoms with E-state index in [1.807, 2.05) is 38.1 Å². The second-order valence-electron chi connectivity index (χ2n) is 6.49. The Kier molecular flexibility index (Phi) is 6.82. The van der Waals surface area contributed by atoms with Crippen molar-refractivity contribution in [2.75, 3.05) is 27.8 Å². The molecule has 0 aliphatic heterocycles. The van der Waals surface area contributed by atoms with E-state index in [1.54, 1.807) is 26.2 Å². The van der Waals surface area contributed by atoms with E-state index in [1.165, 1.54) is 12.0 Å². The third-order valence-electron chi connectivity index (χ3n) is 4.38. The minimum Gasteiger partial charge on any atom is -0.493 e. The predicted octanol–water partition coefficient (Wildman–Crippen LogP) is 2.71. The van der Waals surface area contributed by atoms with Crippen molar-refractivity contribution < 1.29 is 19.1 Å². The third-order valence-corrected chi connectivity index (χ3v) is 4.38. The van der Waals surface area contributed by atoms with Gasteiger partial charge in [0.15, 0.2) is 18.1 Å². The van der Waals surface area contributed by atoms with Crippen LogP contribution in [0.3, 0.4) is 0 Å². The Morgan fingerprint density at radius 2 is 1.81 bits per heavy atom. The van der Waals surface area contributed by atoms with Gasteiger partial charge in [-0.05, 0) is 48.7 Å². The fraction of sp³-hybridized carbons (Fsp3) is 0.333. The van der Waals surface area contributed by atoms with Gasteiger partial charge in [-0.15, -0.1) is 0 Å². The van der Waals surface area contributed by atoms with Gasteiger partial charge < -0.3 is 19.7 Å². The van der Waals surface area contributed by atoms with E-state index >= 15 is 0 Å². The normalized spacial score (nSPS) is 10.3. The quantitative estimate of drug-likeness (QED) is 0.814. The monoisotopic (exact) mass is 370 g/mol. The summed E-state index contributed by atoms with van der Waals surface area (Å²) in [6.07, 6.45) is 0. The molecule has 6 heteroatoms. The Balaban J connectivity index is 2.04. The molecule has 2 aromatic carbocycles. The van der Waals surface area contributed by atoms with E-state index in [9.17, 15) is 9.59 Å². The number of nitrogens with one attached hydrogen (secondary N) is 1. The molecule has 6 nitrogen and oxygen atoms in total. The Hall–Kier alpha value is -3.02. The molecular weight excluding hydrogens is 344 g/mol. The van der Waals surface area contributed by atoms with Crippen LogP contribution < -0.4 is 14.8 Å². The van der Waals surface area contributed by atoms with Crippen molar-refractivity contribution in [1.29, 1.82) is 0 Å². The average molecular weight is 370 g/mol. The van der Waals surface area contributed by atoms with Gasteiger partial charge in [-0.3, -0.25) is 9.59 Å². The lowest BCUT2D eigenvalue weighted by molar-refractivity contribution is -0.130. The summed E-state index contributed by atoms with van der Waals surface area (Å²) in [6, 6.07) is 11.0. The second kappa shape index (κ2) is 9.07. The van der Waals surface area contributed by atoms with Crippen LogP contribution in [0, 0.1) is 13.8 Å². The topological polar surface area (TPSA) is 67.9 Å². The number of hydrogen-bond acceptors (Lipinski definition) is 4. The molecule has 0 aromatic heterocycles. The van der Waals surface area contributed by atoms with Crippen LogP contribution in [0.5, 0.6) is 11.5 Å². The van der Waals surface area contributed by atoms with Crippen LogP contribution in [0.4, 0.5) is 0 Å². The summed E-state index contributed by atoms with van der Waals surface area (Å²) in [5, 5.41) is 2.92. The lowest BCUT2D eigenvalue weighted by Crippen LogP contribution is -2.27. The smallest absolute Gasteiger partial charge is 0.259 e. The SMILES string of the molecule is COc1cc(CNC(=O)c2cccc(C)c2C)ccc1OCC(=O)N(C)C. The van der Waals surface area contributed by atoms with Gasteiger partial charge in [-0.1, -0.05) is 18.2 Å². The summed E-state index contributed by atoms with van der Waals surface area (Å²) in [5.74, 6) is 0.742. The maximum absolute atomic E-state index is 12.4. The van der Waals surface area contributed by atoms with Gasteiger partial charge in [0.2, 0.25) is 0 Å². The zero-order valence-corrected chi connectivity index (χ0v) is 16.5. The highest BCUT2D eigenvalue weighted by atomic mass is 16.5. The molecule has 0 aliphatic rings. The van der Waals surface area contributed by atoms with Crippen LogP contribution in [-0.4, -0.2) is 44.5 Å². The molecule has 144 valence electrons. The summed E-state index contributed by atoms with van der Waals surface area (Å²) in [4.78, 5) is 25.6. The average Bonchev–Trinajstić information content (AvgIpc) is 2.66. The summed E-state index contributed by atoms with van der Waals surface area (Å²) < 4.78 is 10.9. The van der Waals surface area contributed by atoms with Crippen LogP contribution in [0.1, 0.15) is 27.0 Å². The molecule has 2 amide bonds. The molecule has 0 aliphatic carbocycles. The second-order valence-corrected chi connectivity index (χ2v) is 6.49. The fourth-order valence-corrected chi connectivity index (χ4v) is 2.48. The van der Waals surface area contributed by atoms with Crippen LogP contribution in [0.2, 0.25) is 0 Å². The van der Waals surface area contributed by atoms with E-state index in [-0.39, 0.29) is 18.4 Å². The minimum absolute atomic E-state index is 0.0634. The molecule has 0 radical (unpaired) electrons. The van der Waals surface area contributed by atoms with Crippen molar-refractivity contribution in [2.45, 2.75) is 20.4 Å². The Labute approximate surface area is 160 Å². The number of carbonyl (C=O) groups is 2. The first kappa shape index (κ1) is 20.3. The van der Waals surface area contributed by atoms with Crippen molar-refractivity contribution in [3.8, 4) is 11.5 Å². The summed E-state index contributed by atoms with van der Waals surface area (Å²) in [5.41, 5.74) is 3.60. The first-order valence-corrected chi connectivity index (χ1v) is 8.67. The van der Waals surface area contributed by atoms with Gasteiger partial charge >= 0.3 is 0 Å². The molecule has 0 saturated heterocycles. The summed E-state index contributed by atoms with van der Waals surface area (Å²) >= 11 is 0. The van der Waals surface area contributed by atoms with Gasteiger partial charge in [0.05, 0.1) is 7.11 Å². The van der Waals surface area contributed by atoms with Crippen molar-refractivity contribution in [3.05, 3.63) is 58.7 Å². The number of carbonyl (C=O) groups excluding carboxylic acids is 2. The molecule has 0 unspecified atom stereocenters. The minimum atomic E-state index is -0.137. The molecule has 0 spiro atoms. The third kappa shape index (κ3) is 5.23. The number of aryl methyl sites for hydroxylation is 1. The lowest BCUT2D eigenvalue weighted by atomic mass is 10.0. The molecular formula is C21H26N2O4.